The molecule has 6 heteroatoms. The molecular formula is C19H19N5O. The molecule has 25 heavy (non-hydrogen) atoms. The number of aromatic nitrogens is 3. The molecule has 0 spiro atoms. The van der Waals surface area contributed by atoms with Gasteiger partial charge in [0.25, 0.3) is 5.91 Å². The summed E-state index contributed by atoms with van der Waals surface area (Å²) < 4.78 is 0. The van der Waals surface area contributed by atoms with Crippen LogP contribution in [0.5, 0.6) is 0 Å². The molecule has 2 aromatic heterocycles. The van der Waals surface area contributed by atoms with Crippen molar-refractivity contribution in [2.24, 2.45) is 0 Å². The molecule has 0 radical (unpaired) electrons. The lowest BCUT2D eigenvalue weighted by molar-refractivity contribution is 0.0761. The first-order valence-electron chi connectivity index (χ1n) is 8.47. The summed E-state index contributed by atoms with van der Waals surface area (Å²) in [5.41, 5.74) is 1.45. The van der Waals surface area contributed by atoms with Crippen molar-refractivity contribution in [1.82, 2.24) is 19.9 Å². The molecule has 1 aliphatic heterocycles. The summed E-state index contributed by atoms with van der Waals surface area (Å²) in [6.45, 7) is 3.05. The molecule has 1 amide bonds. The summed E-state index contributed by atoms with van der Waals surface area (Å²) in [4.78, 5) is 29.4. The fourth-order valence-electron chi connectivity index (χ4n) is 3.16. The second kappa shape index (κ2) is 6.84. The van der Waals surface area contributed by atoms with E-state index in [1.807, 2.05) is 23.1 Å². The van der Waals surface area contributed by atoms with Crippen molar-refractivity contribution in [2.45, 2.75) is 6.42 Å². The number of para-hydroxylation sites is 1. The Morgan fingerprint density at radius 1 is 0.960 bits per heavy atom. The quantitative estimate of drug-likeness (QED) is 0.720. The number of pyridine rings is 1. The van der Waals surface area contributed by atoms with E-state index in [0.29, 0.717) is 12.2 Å². The number of rotatable bonds is 2. The van der Waals surface area contributed by atoms with Gasteiger partial charge in [0.05, 0.1) is 5.52 Å². The van der Waals surface area contributed by atoms with E-state index in [-0.39, 0.29) is 5.91 Å². The first-order valence-corrected chi connectivity index (χ1v) is 8.47. The smallest absolute Gasteiger partial charge is 0.272 e. The lowest BCUT2D eigenvalue weighted by Crippen LogP contribution is -2.35. The summed E-state index contributed by atoms with van der Waals surface area (Å²) >= 11 is 0. The Morgan fingerprint density at radius 2 is 1.88 bits per heavy atom. The van der Waals surface area contributed by atoms with Gasteiger partial charge in [-0.2, -0.15) is 0 Å². The number of benzene rings is 1. The van der Waals surface area contributed by atoms with Crippen molar-refractivity contribution in [1.29, 1.82) is 0 Å². The molecule has 0 atom stereocenters. The van der Waals surface area contributed by atoms with Crippen LogP contribution >= 0.6 is 0 Å². The van der Waals surface area contributed by atoms with E-state index in [1.165, 1.54) is 6.33 Å². The molecule has 3 aromatic rings. The number of fused-ring (bicyclic) bond motifs is 1. The molecule has 4 rings (SSSR count). The van der Waals surface area contributed by atoms with Crippen LogP contribution in [0.15, 0.2) is 55.0 Å². The minimum Gasteiger partial charge on any atom is -0.355 e. The van der Waals surface area contributed by atoms with Gasteiger partial charge in [0.2, 0.25) is 0 Å². The number of carbonyl (C=O) groups is 1. The molecule has 1 fully saturated rings. The fourth-order valence-corrected chi connectivity index (χ4v) is 3.16. The molecule has 1 saturated heterocycles. The highest BCUT2D eigenvalue weighted by Crippen LogP contribution is 2.19. The van der Waals surface area contributed by atoms with Gasteiger partial charge < -0.3 is 9.80 Å². The fraction of sp³-hybridized carbons (Fsp3) is 0.263. The monoisotopic (exact) mass is 333 g/mol. The molecule has 0 saturated carbocycles. The van der Waals surface area contributed by atoms with Crippen molar-refractivity contribution in [3.63, 3.8) is 0 Å². The number of hydrogen-bond acceptors (Lipinski definition) is 5. The zero-order valence-corrected chi connectivity index (χ0v) is 13.9. The van der Waals surface area contributed by atoms with Gasteiger partial charge in [-0.1, -0.05) is 18.2 Å². The molecule has 6 nitrogen and oxygen atoms in total. The van der Waals surface area contributed by atoms with Gasteiger partial charge in [-0.25, -0.2) is 15.0 Å². The van der Waals surface area contributed by atoms with Crippen LogP contribution in [0.1, 0.15) is 16.9 Å². The third-order valence-corrected chi connectivity index (χ3v) is 4.49. The van der Waals surface area contributed by atoms with Crippen molar-refractivity contribution < 1.29 is 4.79 Å². The topological polar surface area (TPSA) is 62.2 Å². The van der Waals surface area contributed by atoms with Crippen molar-refractivity contribution >= 4 is 22.6 Å². The molecule has 0 unspecified atom stereocenters. The first-order chi connectivity index (χ1) is 12.3. The van der Waals surface area contributed by atoms with E-state index >= 15 is 0 Å². The third-order valence-electron chi connectivity index (χ3n) is 4.49. The summed E-state index contributed by atoms with van der Waals surface area (Å²) in [6.07, 6.45) is 3.92. The largest absolute Gasteiger partial charge is 0.355 e. The van der Waals surface area contributed by atoms with Crippen LogP contribution in [0.2, 0.25) is 0 Å². The average Bonchev–Trinajstić information content (AvgIpc) is 2.94. The number of nitrogens with zero attached hydrogens (tertiary/aromatic N) is 5. The van der Waals surface area contributed by atoms with Crippen LogP contribution in [-0.4, -0.2) is 51.9 Å². The molecule has 1 aliphatic rings. The van der Waals surface area contributed by atoms with E-state index < -0.39 is 0 Å². The maximum Gasteiger partial charge on any atom is 0.272 e. The van der Waals surface area contributed by atoms with Crippen LogP contribution in [0.3, 0.4) is 0 Å². The predicted octanol–water partition coefficient (Wildman–Crippen LogP) is 2.38. The summed E-state index contributed by atoms with van der Waals surface area (Å²) in [5.74, 6) is 0.936. The van der Waals surface area contributed by atoms with Crippen LogP contribution in [0, 0.1) is 0 Å². The number of amides is 1. The van der Waals surface area contributed by atoms with Crippen molar-refractivity contribution in [3.8, 4) is 0 Å². The van der Waals surface area contributed by atoms with Gasteiger partial charge >= 0.3 is 0 Å². The second-order valence-corrected chi connectivity index (χ2v) is 6.09. The number of anilines is 1. The number of carbonyl (C=O) groups excluding carboxylic acids is 1. The Kier molecular flexibility index (Phi) is 4.24. The van der Waals surface area contributed by atoms with Crippen molar-refractivity contribution in [3.05, 3.63) is 60.7 Å². The van der Waals surface area contributed by atoms with Crippen LogP contribution in [-0.2, 0) is 0 Å². The Bertz CT molecular complexity index is 883. The molecule has 0 aliphatic carbocycles. The van der Waals surface area contributed by atoms with Gasteiger partial charge in [0.1, 0.15) is 17.8 Å². The second-order valence-electron chi connectivity index (χ2n) is 6.09. The molecule has 0 N–H and O–H groups in total. The molecule has 3 heterocycles. The normalized spacial score (nSPS) is 15.2. The Balaban J connectivity index is 1.49. The minimum atomic E-state index is -0.0317. The molecular weight excluding hydrogens is 314 g/mol. The highest BCUT2D eigenvalue weighted by Gasteiger charge is 2.21. The SMILES string of the molecule is O=C(c1ccncn1)N1CCCN(c2ccc3ccccc3n2)CC1. The van der Waals surface area contributed by atoms with E-state index in [4.69, 9.17) is 4.98 Å². The van der Waals surface area contributed by atoms with E-state index in [1.54, 1.807) is 12.3 Å². The summed E-state index contributed by atoms with van der Waals surface area (Å²) in [7, 11) is 0. The Morgan fingerprint density at radius 3 is 2.76 bits per heavy atom. The lowest BCUT2D eigenvalue weighted by atomic mass is 10.2. The highest BCUT2D eigenvalue weighted by atomic mass is 16.2. The molecule has 1 aromatic carbocycles. The Labute approximate surface area is 146 Å². The zero-order valence-electron chi connectivity index (χ0n) is 13.9. The molecule has 126 valence electrons. The maximum absolute atomic E-state index is 12.6. The van der Waals surface area contributed by atoms with Crippen molar-refractivity contribution in [2.75, 3.05) is 31.1 Å². The van der Waals surface area contributed by atoms with Crippen LogP contribution in [0.25, 0.3) is 10.9 Å². The van der Waals surface area contributed by atoms with Gasteiger partial charge in [-0.3, -0.25) is 4.79 Å². The average molecular weight is 333 g/mol. The predicted molar refractivity (Wildman–Crippen MR) is 96.5 cm³/mol. The highest BCUT2D eigenvalue weighted by molar-refractivity contribution is 5.92. The van der Waals surface area contributed by atoms with E-state index in [0.717, 1.165) is 42.8 Å². The summed E-state index contributed by atoms with van der Waals surface area (Å²) in [6, 6.07) is 13.9. The van der Waals surface area contributed by atoms with Gasteiger partial charge in [-0.05, 0) is 30.7 Å². The number of hydrogen-bond donors (Lipinski definition) is 0. The van der Waals surface area contributed by atoms with Gasteiger partial charge in [0, 0.05) is 37.8 Å². The maximum atomic E-state index is 12.6. The summed E-state index contributed by atoms with van der Waals surface area (Å²) in [5, 5.41) is 1.14. The van der Waals surface area contributed by atoms with E-state index in [2.05, 4.69) is 33.1 Å². The lowest BCUT2D eigenvalue weighted by Gasteiger charge is -2.23. The third kappa shape index (κ3) is 3.28. The first kappa shape index (κ1) is 15.5. The molecule has 0 bridgehead atoms. The van der Waals surface area contributed by atoms with Crippen LogP contribution < -0.4 is 4.90 Å². The zero-order chi connectivity index (χ0) is 17.1. The Hall–Kier alpha value is -3.02. The minimum absolute atomic E-state index is 0.0317. The van der Waals surface area contributed by atoms with Gasteiger partial charge in [-0.15, -0.1) is 0 Å². The van der Waals surface area contributed by atoms with Gasteiger partial charge in [0.15, 0.2) is 0 Å². The van der Waals surface area contributed by atoms with Crippen LogP contribution in [0.4, 0.5) is 5.82 Å². The standard InChI is InChI=1S/C19H19N5O/c25-19(17-8-9-20-14-21-17)24-11-3-10-23(12-13-24)18-7-6-15-4-1-2-5-16(15)22-18/h1-2,4-9,14H,3,10-13H2. The van der Waals surface area contributed by atoms with E-state index in [9.17, 15) is 4.79 Å².